The number of halogens is 1. The number of hydrogen-bond donors (Lipinski definition) is 0. The summed E-state index contributed by atoms with van der Waals surface area (Å²) in [6, 6.07) is 8.17. The molecule has 1 nitrogen and oxygen atoms in total. The summed E-state index contributed by atoms with van der Waals surface area (Å²) in [5.74, 6) is 0. The van der Waals surface area contributed by atoms with E-state index in [0.29, 0.717) is 0 Å². The van der Waals surface area contributed by atoms with E-state index < -0.39 is 0 Å². The van der Waals surface area contributed by atoms with Crippen molar-refractivity contribution < 1.29 is 0 Å². The van der Waals surface area contributed by atoms with Crippen LogP contribution in [-0.4, -0.2) is 13.6 Å². The van der Waals surface area contributed by atoms with Crippen LogP contribution in [0.2, 0.25) is 0 Å². The first-order valence-electron chi connectivity index (χ1n) is 3.95. The van der Waals surface area contributed by atoms with Gasteiger partial charge in [0.05, 0.1) is 0 Å². The fourth-order valence-electron chi connectivity index (χ4n) is 1.43. The predicted octanol–water partition coefficient (Wildman–Crippen LogP) is 2.72. The topological polar surface area (TPSA) is 3.24 Å². The van der Waals surface area contributed by atoms with Crippen molar-refractivity contribution in [3.63, 3.8) is 0 Å². The van der Waals surface area contributed by atoms with E-state index in [-0.39, 0.29) is 0 Å². The van der Waals surface area contributed by atoms with Gasteiger partial charge in [0.2, 0.25) is 0 Å². The lowest BCUT2D eigenvalue weighted by molar-refractivity contribution is 1.02. The first kappa shape index (κ1) is 7.69. The SMILES string of the molecule is CN1CC=C(Cl)c2ccccc21. The third-order valence-corrected chi connectivity index (χ3v) is 2.47. The molecule has 0 saturated heterocycles. The molecule has 2 rings (SSSR count). The zero-order valence-electron chi connectivity index (χ0n) is 6.92. The zero-order chi connectivity index (χ0) is 8.55. The number of nitrogens with zero attached hydrogens (tertiary/aromatic N) is 1. The fraction of sp³-hybridized carbons (Fsp3) is 0.200. The second-order valence-corrected chi connectivity index (χ2v) is 3.36. The Morgan fingerprint density at radius 2 is 2.08 bits per heavy atom. The van der Waals surface area contributed by atoms with Crippen molar-refractivity contribution in [2.24, 2.45) is 0 Å². The molecule has 62 valence electrons. The van der Waals surface area contributed by atoms with Crippen molar-refractivity contribution in [2.45, 2.75) is 0 Å². The van der Waals surface area contributed by atoms with Crippen molar-refractivity contribution in [2.75, 3.05) is 18.5 Å². The molecule has 0 bridgehead atoms. The van der Waals surface area contributed by atoms with Gasteiger partial charge in [-0.3, -0.25) is 0 Å². The molecule has 0 aromatic heterocycles. The van der Waals surface area contributed by atoms with E-state index >= 15 is 0 Å². The van der Waals surface area contributed by atoms with Gasteiger partial charge in [0, 0.05) is 29.9 Å². The van der Waals surface area contributed by atoms with Crippen LogP contribution < -0.4 is 4.90 Å². The fourth-order valence-corrected chi connectivity index (χ4v) is 1.66. The minimum atomic E-state index is 0.865. The average Bonchev–Trinajstić information content (AvgIpc) is 2.12. The summed E-state index contributed by atoms with van der Waals surface area (Å²) in [6.07, 6.45) is 2.03. The molecule has 1 aromatic rings. The second-order valence-electron chi connectivity index (χ2n) is 2.95. The maximum atomic E-state index is 6.05. The number of rotatable bonds is 0. The highest BCUT2D eigenvalue weighted by Gasteiger charge is 2.12. The van der Waals surface area contributed by atoms with Gasteiger partial charge in [0.15, 0.2) is 0 Å². The van der Waals surface area contributed by atoms with Crippen LogP contribution in [0.4, 0.5) is 5.69 Å². The van der Waals surface area contributed by atoms with Gasteiger partial charge >= 0.3 is 0 Å². The standard InChI is InChI=1S/C10H10ClN/c1-12-7-6-9(11)8-4-2-3-5-10(8)12/h2-6H,7H2,1H3. The van der Waals surface area contributed by atoms with E-state index in [4.69, 9.17) is 11.6 Å². The van der Waals surface area contributed by atoms with E-state index in [9.17, 15) is 0 Å². The molecule has 1 heterocycles. The van der Waals surface area contributed by atoms with Gasteiger partial charge in [-0.05, 0) is 12.1 Å². The Bertz CT molecular complexity index is 330. The van der Waals surface area contributed by atoms with Crippen LogP contribution in [0.5, 0.6) is 0 Å². The van der Waals surface area contributed by atoms with E-state index in [1.54, 1.807) is 0 Å². The number of anilines is 1. The first-order chi connectivity index (χ1) is 5.79. The van der Waals surface area contributed by atoms with Crippen molar-refractivity contribution in [1.82, 2.24) is 0 Å². The Hall–Kier alpha value is -0.950. The summed E-state index contributed by atoms with van der Waals surface area (Å²) in [7, 11) is 2.07. The third-order valence-electron chi connectivity index (χ3n) is 2.12. The smallest absolute Gasteiger partial charge is 0.0476 e. The third kappa shape index (κ3) is 1.10. The molecule has 0 radical (unpaired) electrons. The second kappa shape index (κ2) is 2.83. The van der Waals surface area contributed by atoms with Gasteiger partial charge in [0.1, 0.15) is 0 Å². The first-order valence-corrected chi connectivity index (χ1v) is 4.33. The minimum Gasteiger partial charge on any atom is -0.370 e. The summed E-state index contributed by atoms with van der Waals surface area (Å²) in [5.41, 5.74) is 2.35. The summed E-state index contributed by atoms with van der Waals surface area (Å²) in [5, 5.41) is 0.865. The molecule has 0 saturated carbocycles. The Kier molecular flexibility index (Phi) is 1.81. The van der Waals surface area contributed by atoms with Crippen LogP contribution in [0.25, 0.3) is 5.03 Å². The molecule has 1 aliphatic rings. The van der Waals surface area contributed by atoms with Gasteiger partial charge < -0.3 is 4.90 Å². The summed E-state index contributed by atoms with van der Waals surface area (Å²) in [4.78, 5) is 2.18. The quantitative estimate of drug-likeness (QED) is 0.592. The average molecular weight is 180 g/mol. The lowest BCUT2D eigenvalue weighted by atomic mass is 10.1. The van der Waals surface area contributed by atoms with Crippen LogP contribution >= 0.6 is 11.6 Å². The van der Waals surface area contributed by atoms with Gasteiger partial charge in [-0.2, -0.15) is 0 Å². The number of hydrogen-bond acceptors (Lipinski definition) is 1. The maximum Gasteiger partial charge on any atom is 0.0476 e. The van der Waals surface area contributed by atoms with Crippen LogP contribution in [0.3, 0.4) is 0 Å². The summed E-state index contributed by atoms with van der Waals surface area (Å²) < 4.78 is 0. The van der Waals surface area contributed by atoms with Crippen molar-refractivity contribution in [3.8, 4) is 0 Å². The minimum absolute atomic E-state index is 0.865. The number of likely N-dealkylation sites (N-methyl/N-ethyl adjacent to an activating group) is 1. The van der Waals surface area contributed by atoms with Crippen LogP contribution in [0, 0.1) is 0 Å². The molecule has 0 amide bonds. The summed E-state index contributed by atoms with van der Waals surface area (Å²) >= 11 is 6.05. The zero-order valence-corrected chi connectivity index (χ0v) is 7.67. The number of benzene rings is 1. The molecule has 0 spiro atoms. The molecule has 1 aliphatic heterocycles. The van der Waals surface area contributed by atoms with E-state index in [1.807, 2.05) is 24.3 Å². The monoisotopic (exact) mass is 179 g/mol. The van der Waals surface area contributed by atoms with Crippen LogP contribution in [-0.2, 0) is 0 Å². The highest BCUT2D eigenvalue weighted by molar-refractivity contribution is 6.49. The molecule has 0 unspecified atom stereocenters. The molecule has 2 heteroatoms. The maximum absolute atomic E-state index is 6.05. The molecular formula is C10H10ClN. The van der Waals surface area contributed by atoms with Gasteiger partial charge in [-0.25, -0.2) is 0 Å². The summed E-state index contributed by atoms with van der Waals surface area (Å²) in [6.45, 7) is 0.899. The van der Waals surface area contributed by atoms with Gasteiger partial charge in [0.25, 0.3) is 0 Å². The van der Waals surface area contributed by atoms with E-state index in [2.05, 4.69) is 18.0 Å². The van der Waals surface area contributed by atoms with Crippen molar-refractivity contribution in [1.29, 1.82) is 0 Å². The highest BCUT2D eigenvalue weighted by Crippen LogP contribution is 2.32. The van der Waals surface area contributed by atoms with Crippen molar-refractivity contribution in [3.05, 3.63) is 35.9 Å². The van der Waals surface area contributed by atoms with Crippen LogP contribution in [0.15, 0.2) is 30.3 Å². The Labute approximate surface area is 77.3 Å². The van der Waals surface area contributed by atoms with Crippen molar-refractivity contribution >= 4 is 22.3 Å². The molecule has 0 atom stereocenters. The van der Waals surface area contributed by atoms with Crippen LogP contribution in [0.1, 0.15) is 5.56 Å². The largest absolute Gasteiger partial charge is 0.370 e. The lowest BCUT2D eigenvalue weighted by Crippen LogP contribution is -2.20. The lowest BCUT2D eigenvalue weighted by Gasteiger charge is -2.24. The molecule has 0 fully saturated rings. The molecule has 0 aliphatic carbocycles. The predicted molar refractivity (Wildman–Crippen MR) is 53.5 cm³/mol. The molecule has 0 N–H and O–H groups in total. The number of para-hydroxylation sites is 1. The molecular weight excluding hydrogens is 170 g/mol. The van der Waals surface area contributed by atoms with E-state index in [1.165, 1.54) is 5.69 Å². The van der Waals surface area contributed by atoms with Gasteiger partial charge in [-0.15, -0.1) is 0 Å². The Morgan fingerprint density at radius 3 is 2.83 bits per heavy atom. The van der Waals surface area contributed by atoms with E-state index in [0.717, 1.165) is 17.1 Å². The Balaban J connectivity index is 2.58. The normalized spacial score (nSPS) is 15.5. The number of fused-ring (bicyclic) bond motifs is 1. The molecule has 12 heavy (non-hydrogen) atoms. The highest BCUT2D eigenvalue weighted by atomic mass is 35.5. The molecule has 1 aromatic carbocycles. The Morgan fingerprint density at radius 1 is 1.33 bits per heavy atom. The van der Waals surface area contributed by atoms with Gasteiger partial charge in [-0.1, -0.05) is 29.8 Å².